The Labute approximate surface area is 135 Å². The van der Waals surface area contributed by atoms with Crippen molar-refractivity contribution in [1.29, 1.82) is 0 Å². The number of alkyl halides is 3. The van der Waals surface area contributed by atoms with E-state index in [1.165, 1.54) is 0 Å². The maximum absolute atomic E-state index is 13.0. The van der Waals surface area contributed by atoms with E-state index in [0.717, 1.165) is 0 Å². The van der Waals surface area contributed by atoms with Crippen molar-refractivity contribution in [2.75, 3.05) is 5.32 Å². The van der Waals surface area contributed by atoms with Gasteiger partial charge in [0.1, 0.15) is 0 Å². The molecule has 128 valence electrons. The van der Waals surface area contributed by atoms with E-state index in [1.807, 2.05) is 0 Å². The van der Waals surface area contributed by atoms with Crippen molar-refractivity contribution in [3.8, 4) is 0 Å². The summed E-state index contributed by atoms with van der Waals surface area (Å²) in [6.07, 6.45) is -3.71. The van der Waals surface area contributed by atoms with Gasteiger partial charge in [-0.2, -0.15) is 18.3 Å². The van der Waals surface area contributed by atoms with Gasteiger partial charge in [0.2, 0.25) is 5.91 Å². The molecule has 0 aliphatic heterocycles. The number of carbonyl (C=O) groups is 1. The van der Waals surface area contributed by atoms with Gasteiger partial charge in [0.25, 0.3) is 0 Å². The van der Waals surface area contributed by atoms with Gasteiger partial charge in [-0.15, -0.1) is 0 Å². The maximum Gasteiger partial charge on any atom is 0.435 e. The highest BCUT2D eigenvalue weighted by molar-refractivity contribution is 5.93. The Morgan fingerprint density at radius 3 is 2.92 bits per heavy atom. The molecule has 0 fully saturated rings. The molecule has 5 nitrogen and oxygen atoms in total. The first kappa shape index (κ1) is 16.5. The number of hydrogen-bond acceptors (Lipinski definition) is 3. The number of benzene rings is 1. The molecule has 1 aliphatic rings. The summed E-state index contributed by atoms with van der Waals surface area (Å²) in [7, 11) is 0. The fraction of sp³-hybridized carbons (Fsp3) is 0.375. The maximum atomic E-state index is 13.0. The highest BCUT2D eigenvalue weighted by Gasteiger charge is 2.40. The van der Waals surface area contributed by atoms with E-state index in [4.69, 9.17) is 5.11 Å². The summed E-state index contributed by atoms with van der Waals surface area (Å²) in [5.74, 6) is -0.876. The van der Waals surface area contributed by atoms with Gasteiger partial charge in [0.05, 0.1) is 6.61 Å². The van der Waals surface area contributed by atoms with Gasteiger partial charge in [-0.3, -0.25) is 9.89 Å². The van der Waals surface area contributed by atoms with Gasteiger partial charge in [0.15, 0.2) is 5.69 Å². The van der Waals surface area contributed by atoms with Gasteiger partial charge >= 0.3 is 6.18 Å². The molecule has 0 saturated heterocycles. The minimum Gasteiger partial charge on any atom is -0.392 e. The number of aliphatic hydroxyl groups excluding tert-OH is 1. The van der Waals surface area contributed by atoms with Crippen LogP contribution in [0.4, 0.5) is 18.9 Å². The molecule has 1 aromatic heterocycles. The predicted molar refractivity (Wildman–Crippen MR) is 80.1 cm³/mol. The summed E-state index contributed by atoms with van der Waals surface area (Å²) in [5, 5.41) is 17.6. The van der Waals surface area contributed by atoms with Crippen LogP contribution in [0.25, 0.3) is 0 Å². The lowest BCUT2D eigenvalue weighted by Gasteiger charge is -2.22. The number of nitrogens with zero attached hydrogens (tertiary/aromatic N) is 1. The molecule has 3 rings (SSSR count). The molecule has 2 aromatic rings. The lowest BCUT2D eigenvalue weighted by Crippen LogP contribution is -2.29. The average molecular weight is 339 g/mol. The van der Waals surface area contributed by atoms with Crippen LogP contribution in [0.3, 0.4) is 0 Å². The Kier molecular flexibility index (Phi) is 4.31. The van der Waals surface area contributed by atoms with Crippen LogP contribution >= 0.6 is 0 Å². The number of H-pyrrole nitrogens is 1. The normalized spacial score (nSPS) is 17.4. The van der Waals surface area contributed by atoms with Crippen LogP contribution in [0.2, 0.25) is 0 Å². The lowest BCUT2D eigenvalue weighted by molar-refractivity contribution is -0.142. The van der Waals surface area contributed by atoms with Gasteiger partial charge < -0.3 is 10.4 Å². The molecule has 24 heavy (non-hydrogen) atoms. The first-order valence-electron chi connectivity index (χ1n) is 7.52. The van der Waals surface area contributed by atoms with Crippen LogP contribution in [0.5, 0.6) is 0 Å². The molecule has 1 amide bonds. The van der Waals surface area contributed by atoms with Crippen molar-refractivity contribution in [3.05, 3.63) is 46.8 Å². The minimum atomic E-state index is -4.53. The van der Waals surface area contributed by atoms with Crippen LogP contribution in [-0.4, -0.2) is 21.2 Å². The van der Waals surface area contributed by atoms with Crippen LogP contribution in [0.15, 0.2) is 24.3 Å². The van der Waals surface area contributed by atoms with E-state index in [0.29, 0.717) is 29.8 Å². The second kappa shape index (κ2) is 6.27. The number of rotatable bonds is 3. The third kappa shape index (κ3) is 3.28. The molecule has 0 saturated carbocycles. The summed E-state index contributed by atoms with van der Waals surface area (Å²) in [6.45, 7) is -0.152. The number of nitrogens with one attached hydrogen (secondary N) is 2. The Hall–Kier alpha value is -2.35. The molecule has 0 bridgehead atoms. The number of fused-ring (bicyclic) bond motifs is 1. The topological polar surface area (TPSA) is 78.0 Å². The summed E-state index contributed by atoms with van der Waals surface area (Å²) in [4.78, 5) is 12.4. The van der Waals surface area contributed by atoms with E-state index in [9.17, 15) is 18.0 Å². The Morgan fingerprint density at radius 1 is 1.42 bits per heavy atom. The zero-order chi connectivity index (χ0) is 17.3. The van der Waals surface area contributed by atoms with Crippen molar-refractivity contribution in [3.63, 3.8) is 0 Å². The smallest absolute Gasteiger partial charge is 0.392 e. The highest BCUT2D eigenvalue weighted by Crippen LogP contribution is 2.36. The number of anilines is 1. The molecule has 8 heteroatoms. The standard InChI is InChI=1S/C16H16F3N3O2/c17-16(18,19)14-12-7-10(4-5-13(12)21-22-14)15(24)20-11-3-1-2-9(6-11)8-23/h1-3,6,10,23H,4-5,7-8H2,(H,20,24)(H,21,22)/t10-/m1/s1. The Balaban J connectivity index is 1.75. The summed E-state index contributed by atoms with van der Waals surface area (Å²) in [6, 6.07) is 6.71. The minimum absolute atomic E-state index is 0.00615. The highest BCUT2D eigenvalue weighted by atomic mass is 19.4. The van der Waals surface area contributed by atoms with Crippen LogP contribution < -0.4 is 5.32 Å². The van der Waals surface area contributed by atoms with Crippen LogP contribution in [-0.2, 0) is 30.4 Å². The number of aryl methyl sites for hydroxylation is 1. The van der Waals surface area contributed by atoms with E-state index >= 15 is 0 Å². The molecule has 0 unspecified atom stereocenters. The third-order valence-corrected chi connectivity index (χ3v) is 4.16. The van der Waals surface area contributed by atoms with Crippen molar-refractivity contribution >= 4 is 11.6 Å². The van der Waals surface area contributed by atoms with Crippen molar-refractivity contribution < 1.29 is 23.1 Å². The second-order valence-corrected chi connectivity index (χ2v) is 5.81. The largest absolute Gasteiger partial charge is 0.435 e. The zero-order valence-corrected chi connectivity index (χ0v) is 12.7. The van der Waals surface area contributed by atoms with E-state index in [2.05, 4.69) is 15.5 Å². The van der Waals surface area contributed by atoms with Gasteiger partial charge in [-0.25, -0.2) is 0 Å². The van der Waals surface area contributed by atoms with E-state index in [-0.39, 0.29) is 24.5 Å². The van der Waals surface area contributed by atoms with Gasteiger partial charge in [-0.1, -0.05) is 12.1 Å². The molecule has 1 heterocycles. The van der Waals surface area contributed by atoms with E-state index < -0.39 is 17.8 Å². The second-order valence-electron chi connectivity index (χ2n) is 5.81. The van der Waals surface area contributed by atoms with Crippen LogP contribution in [0, 0.1) is 5.92 Å². The monoisotopic (exact) mass is 339 g/mol. The molecule has 1 aromatic carbocycles. The number of amides is 1. The first-order chi connectivity index (χ1) is 11.4. The molecular weight excluding hydrogens is 323 g/mol. The van der Waals surface area contributed by atoms with Gasteiger partial charge in [-0.05, 0) is 37.0 Å². The number of aromatic amines is 1. The molecule has 1 aliphatic carbocycles. The fourth-order valence-electron chi connectivity index (χ4n) is 2.94. The summed E-state index contributed by atoms with van der Waals surface area (Å²) < 4.78 is 38.9. The van der Waals surface area contributed by atoms with Crippen molar-refractivity contribution in [1.82, 2.24) is 10.2 Å². The molecule has 1 atom stereocenters. The summed E-state index contributed by atoms with van der Waals surface area (Å²) >= 11 is 0. The van der Waals surface area contributed by atoms with Crippen molar-refractivity contribution in [2.24, 2.45) is 5.92 Å². The molecule has 0 radical (unpaired) electrons. The quantitative estimate of drug-likeness (QED) is 0.804. The number of carbonyl (C=O) groups excluding carboxylic acids is 1. The molecule has 0 spiro atoms. The SMILES string of the molecule is O=C(Nc1cccc(CO)c1)[C@@H]1CCc2[nH]nc(C(F)(F)F)c2C1. The predicted octanol–water partition coefficient (Wildman–Crippen LogP) is 2.66. The number of aromatic nitrogens is 2. The zero-order valence-electron chi connectivity index (χ0n) is 12.7. The molecule has 3 N–H and O–H groups in total. The van der Waals surface area contributed by atoms with Crippen molar-refractivity contribution in [2.45, 2.75) is 32.0 Å². The average Bonchev–Trinajstić information content (AvgIpc) is 2.98. The summed E-state index contributed by atoms with van der Waals surface area (Å²) in [5.41, 5.74) is 0.762. The fourth-order valence-corrected chi connectivity index (χ4v) is 2.94. The third-order valence-electron chi connectivity index (χ3n) is 4.16. The van der Waals surface area contributed by atoms with E-state index in [1.54, 1.807) is 24.3 Å². The van der Waals surface area contributed by atoms with Crippen LogP contribution in [0.1, 0.15) is 28.9 Å². The van der Waals surface area contributed by atoms with Gasteiger partial charge in [0, 0.05) is 22.9 Å². The number of aliphatic hydroxyl groups is 1. The Morgan fingerprint density at radius 2 is 2.21 bits per heavy atom. The first-order valence-corrected chi connectivity index (χ1v) is 7.52. The number of halogens is 3. The number of hydrogen-bond donors (Lipinski definition) is 3. The lowest BCUT2D eigenvalue weighted by atomic mass is 9.85. The Bertz CT molecular complexity index is 755. The molecular formula is C16H16F3N3O2.